The zero-order chi connectivity index (χ0) is 15.1. The predicted octanol–water partition coefficient (Wildman–Crippen LogP) is 4.06. The van der Waals surface area contributed by atoms with Gasteiger partial charge in [0.05, 0.1) is 19.3 Å². The molecular formula is C17H29NO2. The van der Waals surface area contributed by atoms with E-state index in [2.05, 4.69) is 26.8 Å². The summed E-state index contributed by atoms with van der Waals surface area (Å²) in [5.41, 5.74) is 8.14. The van der Waals surface area contributed by atoms with Gasteiger partial charge in [0, 0.05) is 11.6 Å². The van der Waals surface area contributed by atoms with Gasteiger partial charge < -0.3 is 15.2 Å². The minimum Gasteiger partial charge on any atom is -0.494 e. The molecule has 2 N–H and O–H groups in total. The third-order valence-electron chi connectivity index (χ3n) is 3.24. The summed E-state index contributed by atoms with van der Waals surface area (Å²) >= 11 is 0. The molecule has 1 aromatic rings. The van der Waals surface area contributed by atoms with Crippen molar-refractivity contribution < 1.29 is 9.47 Å². The lowest BCUT2D eigenvalue weighted by Crippen LogP contribution is -2.12. The zero-order valence-electron chi connectivity index (χ0n) is 13.5. The maximum absolute atomic E-state index is 5.95. The highest BCUT2D eigenvalue weighted by Crippen LogP contribution is 2.24. The van der Waals surface area contributed by atoms with E-state index in [0.29, 0.717) is 19.1 Å². The molecule has 1 rings (SSSR count). The van der Waals surface area contributed by atoms with Gasteiger partial charge >= 0.3 is 0 Å². The molecule has 0 aliphatic carbocycles. The maximum atomic E-state index is 5.95. The average molecular weight is 279 g/mol. The molecule has 20 heavy (non-hydrogen) atoms. The molecule has 0 aliphatic heterocycles. The molecule has 2 unspecified atom stereocenters. The predicted molar refractivity (Wildman–Crippen MR) is 83.9 cm³/mol. The van der Waals surface area contributed by atoms with E-state index in [9.17, 15) is 0 Å². The van der Waals surface area contributed by atoms with Crippen LogP contribution in [0.3, 0.4) is 0 Å². The van der Waals surface area contributed by atoms with E-state index in [-0.39, 0.29) is 12.1 Å². The van der Waals surface area contributed by atoms with Gasteiger partial charge in [-0.25, -0.2) is 0 Å². The largest absolute Gasteiger partial charge is 0.494 e. The molecule has 0 fully saturated rings. The first-order chi connectivity index (χ1) is 9.43. The van der Waals surface area contributed by atoms with Crippen molar-refractivity contribution in [3.05, 3.63) is 29.3 Å². The van der Waals surface area contributed by atoms with Gasteiger partial charge in [-0.2, -0.15) is 0 Å². The van der Waals surface area contributed by atoms with Gasteiger partial charge in [0.2, 0.25) is 0 Å². The van der Waals surface area contributed by atoms with Crippen LogP contribution < -0.4 is 10.5 Å². The molecule has 0 aromatic heterocycles. The van der Waals surface area contributed by atoms with E-state index in [1.165, 1.54) is 0 Å². The summed E-state index contributed by atoms with van der Waals surface area (Å²) in [7, 11) is 0. The second-order valence-corrected chi connectivity index (χ2v) is 5.84. The first-order valence-corrected chi connectivity index (χ1v) is 7.56. The van der Waals surface area contributed by atoms with Crippen LogP contribution in [0.1, 0.15) is 58.2 Å². The molecule has 0 radical (unpaired) electrons. The monoisotopic (exact) mass is 279 g/mol. The van der Waals surface area contributed by atoms with Crippen LogP contribution in [-0.4, -0.2) is 12.7 Å². The molecular weight excluding hydrogens is 250 g/mol. The molecule has 3 nitrogen and oxygen atoms in total. The van der Waals surface area contributed by atoms with Gasteiger partial charge in [-0.1, -0.05) is 19.9 Å². The Kier molecular flexibility index (Phi) is 7.03. The third kappa shape index (κ3) is 5.51. The Morgan fingerprint density at radius 2 is 1.85 bits per heavy atom. The van der Waals surface area contributed by atoms with Crippen LogP contribution in [0.5, 0.6) is 5.75 Å². The summed E-state index contributed by atoms with van der Waals surface area (Å²) in [5, 5.41) is 0. The summed E-state index contributed by atoms with van der Waals surface area (Å²) in [6.45, 7) is 11.8. The van der Waals surface area contributed by atoms with Crippen LogP contribution in [0.15, 0.2) is 18.2 Å². The van der Waals surface area contributed by atoms with E-state index >= 15 is 0 Å². The van der Waals surface area contributed by atoms with Crippen LogP contribution in [0.4, 0.5) is 0 Å². The van der Waals surface area contributed by atoms with Crippen LogP contribution in [0.25, 0.3) is 0 Å². The van der Waals surface area contributed by atoms with Crippen molar-refractivity contribution in [3.8, 4) is 5.75 Å². The van der Waals surface area contributed by atoms with Gasteiger partial charge in [0.25, 0.3) is 0 Å². The standard InChI is InChI=1S/C17H29NO2/c1-6-19-17-8-7-15(14(5)18)10-16(17)11-20-13(4)9-12(2)3/h7-8,10,12-14H,6,9,11,18H2,1-5H3. The summed E-state index contributed by atoms with van der Waals surface area (Å²) in [5.74, 6) is 1.54. The lowest BCUT2D eigenvalue weighted by atomic mass is 10.0. The van der Waals surface area contributed by atoms with Gasteiger partial charge in [-0.05, 0) is 50.8 Å². The van der Waals surface area contributed by atoms with Crippen LogP contribution in [0, 0.1) is 5.92 Å². The van der Waals surface area contributed by atoms with Crippen LogP contribution in [-0.2, 0) is 11.3 Å². The molecule has 1 aromatic carbocycles. The Morgan fingerprint density at radius 3 is 2.40 bits per heavy atom. The number of nitrogens with two attached hydrogens (primary N) is 1. The average Bonchev–Trinajstić information content (AvgIpc) is 2.36. The molecule has 0 bridgehead atoms. The van der Waals surface area contributed by atoms with E-state index in [1.54, 1.807) is 0 Å². The Morgan fingerprint density at radius 1 is 1.15 bits per heavy atom. The van der Waals surface area contributed by atoms with Gasteiger partial charge in [-0.3, -0.25) is 0 Å². The molecule has 2 atom stereocenters. The molecule has 3 heteroatoms. The number of hydrogen-bond donors (Lipinski definition) is 1. The van der Waals surface area contributed by atoms with E-state index in [4.69, 9.17) is 15.2 Å². The summed E-state index contributed by atoms with van der Waals surface area (Å²) in [4.78, 5) is 0. The van der Waals surface area contributed by atoms with Crippen molar-refractivity contribution >= 4 is 0 Å². The number of ether oxygens (including phenoxy) is 2. The van der Waals surface area contributed by atoms with Crippen molar-refractivity contribution in [3.63, 3.8) is 0 Å². The number of hydrogen-bond acceptors (Lipinski definition) is 3. The fourth-order valence-corrected chi connectivity index (χ4v) is 2.26. The molecule has 0 saturated carbocycles. The molecule has 0 saturated heterocycles. The zero-order valence-corrected chi connectivity index (χ0v) is 13.5. The minimum atomic E-state index is 0.0255. The SMILES string of the molecule is CCOc1ccc(C(C)N)cc1COC(C)CC(C)C. The third-order valence-corrected chi connectivity index (χ3v) is 3.24. The lowest BCUT2D eigenvalue weighted by molar-refractivity contribution is 0.0384. The Balaban J connectivity index is 2.76. The van der Waals surface area contributed by atoms with Crippen LogP contribution in [0.2, 0.25) is 0 Å². The number of benzene rings is 1. The van der Waals surface area contributed by atoms with Gasteiger partial charge in [-0.15, -0.1) is 0 Å². The van der Waals surface area contributed by atoms with Crippen molar-refractivity contribution in [2.75, 3.05) is 6.61 Å². The van der Waals surface area contributed by atoms with Crippen molar-refractivity contribution in [1.82, 2.24) is 0 Å². The Hall–Kier alpha value is -1.06. The fraction of sp³-hybridized carbons (Fsp3) is 0.647. The normalized spacial score (nSPS) is 14.3. The van der Waals surface area contributed by atoms with E-state index in [1.807, 2.05) is 26.0 Å². The smallest absolute Gasteiger partial charge is 0.124 e. The summed E-state index contributed by atoms with van der Waals surface area (Å²) in [6.07, 6.45) is 1.32. The van der Waals surface area contributed by atoms with Crippen LogP contribution >= 0.6 is 0 Å². The topological polar surface area (TPSA) is 44.5 Å². The highest BCUT2D eigenvalue weighted by Gasteiger charge is 2.11. The van der Waals surface area contributed by atoms with Gasteiger partial charge in [0.15, 0.2) is 0 Å². The second-order valence-electron chi connectivity index (χ2n) is 5.84. The van der Waals surface area contributed by atoms with Crippen molar-refractivity contribution in [1.29, 1.82) is 0 Å². The Labute approximate surface area is 123 Å². The molecule has 114 valence electrons. The fourth-order valence-electron chi connectivity index (χ4n) is 2.26. The minimum absolute atomic E-state index is 0.0255. The van der Waals surface area contributed by atoms with Crippen molar-refractivity contribution in [2.24, 2.45) is 11.7 Å². The Bertz CT molecular complexity index is 402. The highest BCUT2D eigenvalue weighted by atomic mass is 16.5. The molecule has 0 amide bonds. The molecule has 0 spiro atoms. The summed E-state index contributed by atoms with van der Waals surface area (Å²) < 4.78 is 11.6. The first-order valence-electron chi connectivity index (χ1n) is 7.56. The van der Waals surface area contributed by atoms with Gasteiger partial charge in [0.1, 0.15) is 5.75 Å². The van der Waals surface area contributed by atoms with E-state index < -0.39 is 0 Å². The van der Waals surface area contributed by atoms with Crippen molar-refractivity contribution in [2.45, 2.75) is 59.8 Å². The lowest BCUT2D eigenvalue weighted by Gasteiger charge is -2.18. The quantitative estimate of drug-likeness (QED) is 0.780. The molecule has 0 heterocycles. The highest BCUT2D eigenvalue weighted by molar-refractivity contribution is 5.38. The number of rotatable bonds is 8. The second kappa shape index (κ2) is 8.28. The van der Waals surface area contributed by atoms with E-state index in [0.717, 1.165) is 23.3 Å². The first kappa shape index (κ1) is 17.0. The summed E-state index contributed by atoms with van der Waals surface area (Å²) in [6, 6.07) is 6.14. The maximum Gasteiger partial charge on any atom is 0.124 e. The molecule has 0 aliphatic rings.